The second kappa shape index (κ2) is 6.93. The number of amidine groups is 1. The van der Waals surface area contributed by atoms with Crippen LogP contribution < -0.4 is 0 Å². The largest absolute Gasteiger partial charge is 0.341 e. The van der Waals surface area contributed by atoms with Crippen LogP contribution in [0.3, 0.4) is 0 Å². The van der Waals surface area contributed by atoms with Gasteiger partial charge in [0, 0.05) is 25.2 Å². The molecule has 6 heteroatoms. The number of guanidine groups is 1. The number of aliphatic imine (C=N–C) groups is 3. The number of hydrogen-bond donors (Lipinski definition) is 0. The Bertz CT molecular complexity index is 966. The maximum atomic E-state index is 13.1. The van der Waals surface area contributed by atoms with Crippen molar-refractivity contribution in [3.8, 4) is 0 Å². The van der Waals surface area contributed by atoms with Crippen molar-refractivity contribution in [2.75, 3.05) is 13.1 Å². The topological polar surface area (TPSA) is 74.5 Å². The molecular formula is C22H22N4O2. The first kappa shape index (κ1) is 17.2. The molecule has 0 N–H and O–H groups in total. The summed E-state index contributed by atoms with van der Waals surface area (Å²) in [5.74, 6) is 0.265. The summed E-state index contributed by atoms with van der Waals surface area (Å²) in [6.45, 7) is 1.73. The molecule has 0 spiro atoms. The van der Waals surface area contributed by atoms with Crippen LogP contribution in [0.15, 0.2) is 50.9 Å². The summed E-state index contributed by atoms with van der Waals surface area (Å²) in [7, 11) is 0. The summed E-state index contributed by atoms with van der Waals surface area (Å²) in [6, 6.07) is 9.67. The number of ketones is 1. The molecule has 4 aliphatic rings. The van der Waals surface area contributed by atoms with Gasteiger partial charge in [0.15, 0.2) is 5.84 Å². The van der Waals surface area contributed by atoms with Gasteiger partial charge in [0.25, 0.3) is 5.91 Å². The molecule has 1 saturated heterocycles. The molecular weight excluding hydrogens is 352 g/mol. The Morgan fingerprint density at radius 1 is 0.857 bits per heavy atom. The molecule has 3 heterocycles. The first-order chi connectivity index (χ1) is 13.7. The Hall–Kier alpha value is -2.89. The molecule has 2 fully saturated rings. The normalized spacial score (nSPS) is 24.9. The summed E-state index contributed by atoms with van der Waals surface area (Å²) in [5, 5.41) is 0. The zero-order valence-corrected chi connectivity index (χ0v) is 15.7. The molecule has 6 nitrogen and oxygen atoms in total. The van der Waals surface area contributed by atoms with E-state index in [1.807, 2.05) is 30.3 Å². The monoisotopic (exact) mass is 374 g/mol. The van der Waals surface area contributed by atoms with Crippen LogP contribution in [0.2, 0.25) is 0 Å². The van der Waals surface area contributed by atoms with Crippen molar-refractivity contribution in [2.45, 2.75) is 38.5 Å². The van der Waals surface area contributed by atoms with Crippen LogP contribution in [-0.2, 0) is 9.59 Å². The number of carbonyl (C=O) groups is 2. The molecule has 1 aromatic carbocycles. The van der Waals surface area contributed by atoms with E-state index in [1.54, 1.807) is 0 Å². The number of benzene rings is 1. The molecule has 5 rings (SSSR count). The Morgan fingerprint density at radius 2 is 1.64 bits per heavy atom. The van der Waals surface area contributed by atoms with Gasteiger partial charge in [-0.25, -0.2) is 4.99 Å². The minimum absolute atomic E-state index is 0.133. The third-order valence-corrected chi connectivity index (χ3v) is 5.89. The van der Waals surface area contributed by atoms with Crippen LogP contribution in [-0.4, -0.2) is 47.2 Å². The van der Waals surface area contributed by atoms with E-state index in [-0.39, 0.29) is 11.7 Å². The first-order valence-electron chi connectivity index (χ1n) is 10.1. The van der Waals surface area contributed by atoms with Crippen LogP contribution >= 0.6 is 0 Å². The molecule has 0 aromatic heterocycles. The Morgan fingerprint density at radius 3 is 2.43 bits per heavy atom. The molecule has 1 aromatic rings. The van der Waals surface area contributed by atoms with Crippen molar-refractivity contribution >= 4 is 34.8 Å². The second-order valence-corrected chi connectivity index (χ2v) is 7.71. The van der Waals surface area contributed by atoms with Gasteiger partial charge >= 0.3 is 0 Å². The molecule has 0 radical (unpaired) electrons. The van der Waals surface area contributed by atoms with Crippen LogP contribution in [0, 0.1) is 5.92 Å². The van der Waals surface area contributed by atoms with Crippen molar-refractivity contribution in [2.24, 2.45) is 20.9 Å². The van der Waals surface area contributed by atoms with E-state index >= 15 is 0 Å². The predicted molar refractivity (Wildman–Crippen MR) is 108 cm³/mol. The summed E-state index contributed by atoms with van der Waals surface area (Å²) < 4.78 is 0. The smallest absolute Gasteiger partial charge is 0.284 e. The summed E-state index contributed by atoms with van der Waals surface area (Å²) in [4.78, 5) is 41.7. The molecule has 142 valence electrons. The quantitative estimate of drug-likeness (QED) is 0.758. The third kappa shape index (κ3) is 2.84. The molecule has 1 aliphatic carbocycles. The van der Waals surface area contributed by atoms with E-state index in [0.717, 1.165) is 55.6 Å². The van der Waals surface area contributed by atoms with Crippen molar-refractivity contribution in [3.63, 3.8) is 0 Å². The van der Waals surface area contributed by atoms with E-state index in [2.05, 4.69) is 14.9 Å². The Balaban J connectivity index is 1.65. The molecule has 1 atom stereocenters. The predicted octanol–water partition coefficient (Wildman–Crippen LogP) is 3.04. The van der Waals surface area contributed by atoms with Crippen molar-refractivity contribution < 1.29 is 9.59 Å². The Kier molecular flexibility index (Phi) is 4.26. The first-order valence-corrected chi connectivity index (χ1v) is 10.1. The summed E-state index contributed by atoms with van der Waals surface area (Å²) in [6.07, 6.45) is 5.46. The lowest BCUT2D eigenvalue weighted by Gasteiger charge is -2.33. The van der Waals surface area contributed by atoms with Crippen molar-refractivity contribution in [1.82, 2.24) is 4.90 Å². The number of dihydropyridines is 1. The fraction of sp³-hybridized carbons (Fsp3) is 0.409. The van der Waals surface area contributed by atoms with Gasteiger partial charge in [-0.3, -0.25) is 9.59 Å². The molecule has 1 amide bonds. The maximum absolute atomic E-state index is 13.1. The molecule has 28 heavy (non-hydrogen) atoms. The number of rotatable bonds is 1. The van der Waals surface area contributed by atoms with Gasteiger partial charge in [0.1, 0.15) is 5.78 Å². The lowest BCUT2D eigenvalue weighted by atomic mass is 9.74. The van der Waals surface area contributed by atoms with Crippen molar-refractivity contribution in [3.05, 3.63) is 41.5 Å². The van der Waals surface area contributed by atoms with Gasteiger partial charge in [-0.1, -0.05) is 30.3 Å². The lowest BCUT2D eigenvalue weighted by Crippen LogP contribution is -2.41. The third-order valence-electron chi connectivity index (χ3n) is 5.89. The number of fused-ring (bicyclic) bond motifs is 2. The fourth-order valence-corrected chi connectivity index (χ4v) is 4.55. The number of piperidine rings is 1. The number of nitrogens with zero attached hydrogens (tertiary/aromatic N) is 4. The maximum Gasteiger partial charge on any atom is 0.284 e. The van der Waals surface area contributed by atoms with Gasteiger partial charge in [-0.15, -0.1) is 0 Å². The van der Waals surface area contributed by atoms with E-state index in [0.29, 0.717) is 23.8 Å². The van der Waals surface area contributed by atoms with Crippen LogP contribution in [0.1, 0.15) is 44.1 Å². The van der Waals surface area contributed by atoms with E-state index in [1.165, 1.54) is 6.42 Å². The highest BCUT2D eigenvalue weighted by molar-refractivity contribution is 6.38. The number of Topliss-reactive ketones (excluding diaryl/α,β-unsaturated/α-hetero) is 1. The molecule has 1 saturated carbocycles. The van der Waals surface area contributed by atoms with Gasteiger partial charge < -0.3 is 4.90 Å². The van der Waals surface area contributed by atoms with E-state index in [4.69, 9.17) is 4.99 Å². The van der Waals surface area contributed by atoms with Crippen molar-refractivity contribution in [1.29, 1.82) is 0 Å². The zero-order valence-electron chi connectivity index (χ0n) is 15.7. The highest BCUT2D eigenvalue weighted by atomic mass is 16.1. The van der Waals surface area contributed by atoms with Gasteiger partial charge in [0.05, 0.1) is 11.5 Å². The average molecular weight is 374 g/mol. The number of amides is 1. The Labute approximate surface area is 163 Å². The van der Waals surface area contributed by atoms with Gasteiger partial charge in [-0.2, -0.15) is 9.98 Å². The molecule has 1 unspecified atom stereocenters. The lowest BCUT2D eigenvalue weighted by molar-refractivity contribution is -0.120. The van der Waals surface area contributed by atoms with Gasteiger partial charge in [0.2, 0.25) is 5.96 Å². The second-order valence-electron chi connectivity index (χ2n) is 7.71. The summed E-state index contributed by atoms with van der Waals surface area (Å²) in [5.41, 5.74) is 2.85. The summed E-state index contributed by atoms with van der Waals surface area (Å²) >= 11 is 0. The van der Waals surface area contributed by atoms with Crippen LogP contribution in [0.25, 0.3) is 5.57 Å². The van der Waals surface area contributed by atoms with Crippen LogP contribution in [0.5, 0.6) is 0 Å². The average Bonchev–Trinajstić information content (AvgIpc) is 2.73. The molecule has 3 aliphatic heterocycles. The number of hydrogen-bond acceptors (Lipinski definition) is 5. The number of likely N-dealkylation sites (tertiary alicyclic amines) is 1. The minimum Gasteiger partial charge on any atom is -0.341 e. The zero-order chi connectivity index (χ0) is 19.1. The standard InChI is InChI=1S/C22H22N4O2/c27-16-11-7-10-15-18(16)17(14-8-3-1-4-9-14)19-20(23-15)24-22(25-21(19)28)26-12-5-2-6-13-26/h1,3-4,8-9,18H,2,5-7,10-13H2. The van der Waals surface area contributed by atoms with E-state index in [9.17, 15) is 9.59 Å². The number of allylic oxidation sites excluding steroid dienone is 1. The highest BCUT2D eigenvalue weighted by Crippen LogP contribution is 2.39. The minimum atomic E-state index is -0.444. The molecule has 0 bridgehead atoms. The number of carbonyl (C=O) groups excluding carboxylic acids is 2. The fourth-order valence-electron chi connectivity index (χ4n) is 4.55. The highest BCUT2D eigenvalue weighted by Gasteiger charge is 2.41. The van der Waals surface area contributed by atoms with Gasteiger partial charge in [-0.05, 0) is 43.2 Å². The van der Waals surface area contributed by atoms with E-state index < -0.39 is 5.92 Å². The SMILES string of the molecule is O=C1N=C(N2CCCCC2)N=C2N=C3CCCC(=O)C3C(c3ccccc3)=C12. The van der Waals surface area contributed by atoms with Crippen LogP contribution in [0.4, 0.5) is 0 Å².